The molecule has 8 rings (SSSR count). The van der Waals surface area contributed by atoms with Gasteiger partial charge >= 0.3 is 4.87 Å². The van der Waals surface area contributed by atoms with E-state index in [-0.39, 0.29) is 58.1 Å². The molecule has 0 radical (unpaired) electrons. The Morgan fingerprint density at radius 1 is 0.940 bits per heavy atom. The number of halogens is 2. The molecule has 1 saturated heterocycles. The first-order valence-corrected chi connectivity index (χ1v) is 18.7. The summed E-state index contributed by atoms with van der Waals surface area (Å²) < 4.78 is 17.2. The molecular weight excluding hydrogens is 721 g/mol. The molecule has 7 atom stereocenters. The molecule has 10 nitrogen and oxygen atoms in total. The molecule has 4 aliphatic rings. The van der Waals surface area contributed by atoms with Gasteiger partial charge in [-0.2, -0.15) is 0 Å². The van der Waals surface area contributed by atoms with Crippen molar-refractivity contribution < 1.29 is 28.6 Å². The van der Waals surface area contributed by atoms with Gasteiger partial charge in [-0.25, -0.2) is 0 Å². The number of fused-ring (bicyclic) bond motifs is 9. The predicted molar refractivity (Wildman–Crippen MR) is 192 cm³/mol. The molecule has 0 spiro atoms. The van der Waals surface area contributed by atoms with Crippen molar-refractivity contribution >= 4 is 75.4 Å². The van der Waals surface area contributed by atoms with Crippen LogP contribution in [0.25, 0.3) is 0 Å². The number of thiazole rings is 1. The highest BCUT2D eigenvalue weighted by Gasteiger charge is 2.69. The van der Waals surface area contributed by atoms with Crippen molar-refractivity contribution in [2.45, 2.75) is 29.5 Å². The van der Waals surface area contributed by atoms with Crippen LogP contribution in [0, 0.1) is 29.6 Å². The maximum Gasteiger partial charge on any atom is 0.305 e. The SMILES string of the molecule is CCOc1cc([C@H]2c3sc(=O)[nH]c3SC3C4CC(C5C(=O)N(c6ccc(OC)cc6)C(=O)C45)C32)ccc1OCC(=O)Nc1ccc(Cl)c(Cl)c1. The number of thioether (sulfide) groups is 1. The van der Waals surface area contributed by atoms with Crippen molar-refractivity contribution in [3.05, 3.63) is 90.8 Å². The number of nitrogens with zero attached hydrogens (tertiary/aromatic N) is 1. The Bertz CT molecular complexity index is 2090. The summed E-state index contributed by atoms with van der Waals surface area (Å²) in [6.07, 6.45) is 0.773. The Kier molecular flexibility index (Phi) is 8.61. The molecule has 6 unspecified atom stereocenters. The van der Waals surface area contributed by atoms with Gasteiger partial charge in [0.2, 0.25) is 11.8 Å². The molecule has 2 aliphatic carbocycles. The van der Waals surface area contributed by atoms with Gasteiger partial charge in [0, 0.05) is 21.7 Å². The van der Waals surface area contributed by atoms with E-state index >= 15 is 0 Å². The van der Waals surface area contributed by atoms with Crippen molar-refractivity contribution in [1.29, 1.82) is 0 Å². The number of ether oxygens (including phenoxy) is 3. The van der Waals surface area contributed by atoms with Crippen LogP contribution in [-0.4, -0.2) is 48.3 Å². The van der Waals surface area contributed by atoms with Crippen molar-refractivity contribution in [2.75, 3.05) is 30.5 Å². The van der Waals surface area contributed by atoms with E-state index in [1.54, 1.807) is 67.4 Å². The summed E-state index contributed by atoms with van der Waals surface area (Å²) in [7, 11) is 1.57. The fourth-order valence-corrected chi connectivity index (χ4v) is 11.6. The Labute approximate surface area is 305 Å². The number of amides is 3. The molecule has 258 valence electrons. The summed E-state index contributed by atoms with van der Waals surface area (Å²) in [5, 5.41) is 4.31. The van der Waals surface area contributed by atoms with Gasteiger partial charge in [-0.3, -0.25) is 24.1 Å². The number of hydrogen-bond acceptors (Lipinski definition) is 9. The molecule has 3 amide bonds. The van der Waals surface area contributed by atoms with E-state index in [1.807, 2.05) is 19.1 Å². The molecule has 14 heteroatoms. The van der Waals surface area contributed by atoms with Crippen LogP contribution >= 0.6 is 46.3 Å². The Hall–Kier alpha value is -3.97. The smallest absolute Gasteiger partial charge is 0.305 e. The van der Waals surface area contributed by atoms with E-state index < -0.39 is 11.8 Å². The zero-order chi connectivity index (χ0) is 34.8. The summed E-state index contributed by atoms with van der Waals surface area (Å²) >= 11 is 14.9. The number of nitrogens with one attached hydrogen (secondary N) is 2. The molecule has 3 aromatic carbocycles. The second kappa shape index (κ2) is 13.0. The quantitative estimate of drug-likeness (QED) is 0.178. The number of carbonyl (C=O) groups is 3. The first kappa shape index (κ1) is 33.2. The minimum absolute atomic E-state index is 0.0102. The molecule has 2 bridgehead atoms. The summed E-state index contributed by atoms with van der Waals surface area (Å²) in [6.45, 7) is 1.95. The van der Waals surface area contributed by atoms with Crippen LogP contribution in [0.1, 0.15) is 29.7 Å². The maximum atomic E-state index is 14.1. The summed E-state index contributed by atoms with van der Waals surface area (Å²) in [6, 6.07) is 17.4. The normalized spacial score (nSPS) is 26.0. The van der Waals surface area contributed by atoms with Gasteiger partial charge in [-0.1, -0.05) is 40.6 Å². The van der Waals surface area contributed by atoms with Crippen LogP contribution in [0.3, 0.4) is 0 Å². The fourth-order valence-electron chi connectivity index (χ4n) is 8.40. The zero-order valence-corrected chi connectivity index (χ0v) is 30.0. The Morgan fingerprint density at radius 2 is 1.70 bits per heavy atom. The second-order valence-electron chi connectivity index (χ2n) is 12.8. The number of carbonyl (C=O) groups excluding carboxylic acids is 3. The third-order valence-corrected chi connectivity index (χ3v) is 13.6. The fraction of sp³-hybridized carbons (Fsp3) is 0.333. The molecular formula is C36H31Cl2N3O7S2. The Morgan fingerprint density at radius 3 is 2.42 bits per heavy atom. The number of imide groups is 1. The predicted octanol–water partition coefficient (Wildman–Crippen LogP) is 6.85. The van der Waals surface area contributed by atoms with E-state index in [1.165, 1.54) is 16.2 Å². The number of methoxy groups -OCH3 is 1. The van der Waals surface area contributed by atoms with Crippen LogP contribution in [0.5, 0.6) is 17.2 Å². The van der Waals surface area contributed by atoms with Gasteiger partial charge in [0.05, 0.1) is 46.3 Å². The van der Waals surface area contributed by atoms with Crippen molar-refractivity contribution in [3.63, 3.8) is 0 Å². The summed E-state index contributed by atoms with van der Waals surface area (Å²) in [5.74, 6) is -0.291. The lowest BCUT2D eigenvalue weighted by Crippen LogP contribution is -2.42. The maximum absolute atomic E-state index is 14.1. The van der Waals surface area contributed by atoms with Crippen molar-refractivity contribution in [3.8, 4) is 17.2 Å². The highest BCUT2D eigenvalue weighted by Crippen LogP contribution is 2.69. The Balaban J connectivity index is 1.09. The van der Waals surface area contributed by atoms with Gasteiger partial charge in [0.15, 0.2) is 18.1 Å². The number of hydrogen-bond donors (Lipinski definition) is 2. The molecule has 2 saturated carbocycles. The number of aromatic amines is 1. The van der Waals surface area contributed by atoms with Crippen LogP contribution in [0.15, 0.2) is 70.5 Å². The lowest BCUT2D eigenvalue weighted by Gasteiger charge is -2.43. The van der Waals surface area contributed by atoms with Crippen LogP contribution in [0.2, 0.25) is 10.0 Å². The molecule has 3 heterocycles. The standard InChI is InChI=1S/C36H31Cl2N3O7S2/c1-3-47-25-12-16(4-11-24(25)48-15-26(42)39-17-5-10-22(37)23(38)13-17)27-28-20-14-21(31(28)49-33-32(27)50-36(45)40-33)30-29(20)34(43)41(35(30)44)18-6-8-19(46-2)9-7-18/h4-13,20-21,27-31H,3,14-15H2,1-2H3,(H,39,42)(H,40,45)/t20?,21?,27-,28?,29?,30?,31?/m1/s1. The van der Waals surface area contributed by atoms with E-state index in [4.69, 9.17) is 37.4 Å². The summed E-state index contributed by atoms with van der Waals surface area (Å²) in [5.41, 5.74) is 1.95. The van der Waals surface area contributed by atoms with Crippen molar-refractivity contribution in [2.24, 2.45) is 29.6 Å². The topological polar surface area (TPSA) is 127 Å². The second-order valence-corrected chi connectivity index (χ2v) is 15.8. The average molecular weight is 753 g/mol. The molecule has 2 aliphatic heterocycles. The third-order valence-electron chi connectivity index (χ3n) is 10.2. The molecule has 1 aromatic heterocycles. The van der Waals surface area contributed by atoms with E-state index in [0.717, 1.165) is 21.9 Å². The van der Waals surface area contributed by atoms with Gasteiger partial charge in [0.1, 0.15) is 5.75 Å². The first-order valence-electron chi connectivity index (χ1n) is 16.2. The van der Waals surface area contributed by atoms with Crippen LogP contribution in [0.4, 0.5) is 11.4 Å². The molecule has 2 N–H and O–H groups in total. The van der Waals surface area contributed by atoms with Gasteiger partial charge in [-0.15, -0.1) is 11.8 Å². The number of anilines is 2. The molecule has 4 aromatic rings. The lowest BCUT2D eigenvalue weighted by molar-refractivity contribution is -0.123. The number of rotatable bonds is 9. The van der Waals surface area contributed by atoms with E-state index in [9.17, 15) is 19.2 Å². The van der Waals surface area contributed by atoms with E-state index in [2.05, 4.69) is 10.3 Å². The average Bonchev–Trinajstić information content (AvgIpc) is 3.84. The first-order chi connectivity index (χ1) is 24.2. The molecule has 3 fully saturated rings. The highest BCUT2D eigenvalue weighted by molar-refractivity contribution is 8.00. The largest absolute Gasteiger partial charge is 0.497 e. The zero-order valence-electron chi connectivity index (χ0n) is 26.8. The minimum atomic E-state index is -0.431. The number of H-pyrrole nitrogens is 1. The number of aromatic nitrogens is 1. The molecule has 50 heavy (non-hydrogen) atoms. The van der Waals surface area contributed by atoms with Crippen molar-refractivity contribution in [1.82, 2.24) is 4.98 Å². The third kappa shape index (κ3) is 5.47. The lowest BCUT2D eigenvalue weighted by atomic mass is 9.68. The van der Waals surface area contributed by atoms with Gasteiger partial charge < -0.3 is 24.5 Å². The minimum Gasteiger partial charge on any atom is -0.497 e. The highest BCUT2D eigenvalue weighted by atomic mass is 35.5. The van der Waals surface area contributed by atoms with Crippen LogP contribution < -0.4 is 29.3 Å². The number of benzene rings is 3. The summed E-state index contributed by atoms with van der Waals surface area (Å²) in [4.78, 5) is 58.7. The monoisotopic (exact) mass is 751 g/mol. The van der Waals surface area contributed by atoms with E-state index in [0.29, 0.717) is 45.3 Å². The van der Waals surface area contributed by atoms with Gasteiger partial charge in [0.25, 0.3) is 5.91 Å². The van der Waals surface area contributed by atoms with Crippen LogP contribution in [-0.2, 0) is 14.4 Å². The van der Waals surface area contributed by atoms with Gasteiger partial charge in [-0.05, 0) is 91.3 Å².